The highest BCUT2D eigenvalue weighted by Gasteiger charge is 2.12. The van der Waals surface area contributed by atoms with E-state index in [4.69, 9.17) is 0 Å². The van der Waals surface area contributed by atoms with Crippen LogP contribution in [0.15, 0.2) is 0 Å². The second kappa shape index (κ2) is 5.72. The fourth-order valence-electron chi connectivity index (χ4n) is 1.38. The van der Waals surface area contributed by atoms with Crippen LogP contribution in [-0.4, -0.2) is 12.6 Å². The Morgan fingerprint density at radius 1 is 1.20 bits per heavy atom. The molecule has 0 bridgehead atoms. The normalized spacial score (nSPS) is 32.4. The molecule has 0 saturated carbocycles. The molecule has 0 aromatic carbocycles. The summed E-state index contributed by atoms with van der Waals surface area (Å²) in [6.07, 6.45) is 2.73. The minimum Gasteiger partial charge on any atom is -0.314 e. The average molecular weight is 143 g/mol. The summed E-state index contributed by atoms with van der Waals surface area (Å²) in [6, 6.07) is 0.763. The van der Waals surface area contributed by atoms with Gasteiger partial charge in [-0.3, -0.25) is 0 Å². The Balaban J connectivity index is 0.000000371. The zero-order chi connectivity index (χ0) is 7.98. The van der Waals surface area contributed by atoms with E-state index in [1.807, 2.05) is 13.8 Å². The molecule has 62 valence electrons. The maximum absolute atomic E-state index is 3.41. The molecule has 1 heterocycles. The van der Waals surface area contributed by atoms with Gasteiger partial charge in [0.1, 0.15) is 0 Å². The summed E-state index contributed by atoms with van der Waals surface area (Å²) < 4.78 is 0. The van der Waals surface area contributed by atoms with Crippen molar-refractivity contribution in [3.05, 3.63) is 0 Å². The monoisotopic (exact) mass is 143 g/mol. The summed E-state index contributed by atoms with van der Waals surface area (Å²) in [6.45, 7) is 9.81. The highest BCUT2D eigenvalue weighted by molar-refractivity contribution is 4.71. The minimum absolute atomic E-state index is 0.763. The average Bonchev–Trinajstić information content (AvgIpc) is 1.91. The van der Waals surface area contributed by atoms with Crippen LogP contribution in [0.3, 0.4) is 0 Å². The summed E-state index contributed by atoms with van der Waals surface area (Å²) >= 11 is 0. The topological polar surface area (TPSA) is 12.0 Å². The highest BCUT2D eigenvalue weighted by Crippen LogP contribution is 2.13. The van der Waals surface area contributed by atoms with E-state index >= 15 is 0 Å². The molecule has 2 unspecified atom stereocenters. The van der Waals surface area contributed by atoms with Gasteiger partial charge in [-0.05, 0) is 32.2 Å². The van der Waals surface area contributed by atoms with Crippen LogP contribution in [0, 0.1) is 5.92 Å². The second-order valence-corrected chi connectivity index (χ2v) is 2.98. The van der Waals surface area contributed by atoms with Gasteiger partial charge in [0.25, 0.3) is 0 Å². The van der Waals surface area contributed by atoms with Gasteiger partial charge in [0.15, 0.2) is 0 Å². The van der Waals surface area contributed by atoms with Crippen molar-refractivity contribution < 1.29 is 0 Å². The lowest BCUT2D eigenvalue weighted by molar-refractivity contribution is 0.336. The molecule has 0 aliphatic carbocycles. The quantitative estimate of drug-likeness (QED) is 0.549. The molecule has 0 radical (unpaired) electrons. The molecule has 1 N–H and O–H groups in total. The zero-order valence-corrected chi connectivity index (χ0v) is 7.78. The van der Waals surface area contributed by atoms with Crippen molar-refractivity contribution in [2.45, 2.75) is 46.6 Å². The third-order valence-electron chi connectivity index (χ3n) is 1.89. The van der Waals surface area contributed by atoms with Gasteiger partial charge in [0.05, 0.1) is 0 Å². The number of hydrogen-bond donors (Lipinski definition) is 1. The highest BCUT2D eigenvalue weighted by atomic mass is 14.9. The van der Waals surface area contributed by atoms with E-state index in [0.717, 1.165) is 12.0 Å². The first-order valence-corrected chi connectivity index (χ1v) is 4.52. The number of piperidine rings is 1. The number of hydrogen-bond acceptors (Lipinski definition) is 1. The predicted molar refractivity (Wildman–Crippen MR) is 47.2 cm³/mol. The Hall–Kier alpha value is -0.0400. The first-order chi connectivity index (χ1) is 4.79. The molecular weight excluding hydrogens is 122 g/mol. The fourth-order valence-corrected chi connectivity index (χ4v) is 1.38. The van der Waals surface area contributed by atoms with Crippen LogP contribution in [0.1, 0.15) is 40.5 Å². The first-order valence-electron chi connectivity index (χ1n) is 4.52. The molecule has 0 amide bonds. The van der Waals surface area contributed by atoms with Gasteiger partial charge in [-0.1, -0.05) is 20.8 Å². The predicted octanol–water partition coefficient (Wildman–Crippen LogP) is 2.42. The van der Waals surface area contributed by atoms with E-state index in [1.165, 1.54) is 19.4 Å². The van der Waals surface area contributed by atoms with Crippen LogP contribution >= 0.6 is 0 Å². The van der Waals surface area contributed by atoms with Crippen LogP contribution in [0.4, 0.5) is 0 Å². The van der Waals surface area contributed by atoms with Crippen molar-refractivity contribution >= 4 is 0 Å². The third-order valence-corrected chi connectivity index (χ3v) is 1.89. The van der Waals surface area contributed by atoms with E-state index in [-0.39, 0.29) is 0 Å². The molecule has 0 spiro atoms. The lowest BCUT2D eigenvalue weighted by Crippen LogP contribution is -2.34. The van der Waals surface area contributed by atoms with E-state index in [9.17, 15) is 0 Å². The molecule has 0 aromatic heterocycles. The van der Waals surface area contributed by atoms with Crippen molar-refractivity contribution in [2.24, 2.45) is 5.92 Å². The smallest absolute Gasteiger partial charge is 0.00412 e. The molecule has 1 rings (SSSR count). The number of rotatable bonds is 0. The Morgan fingerprint density at radius 2 is 1.80 bits per heavy atom. The first kappa shape index (κ1) is 9.96. The van der Waals surface area contributed by atoms with Crippen LogP contribution in [-0.2, 0) is 0 Å². The summed E-state index contributed by atoms with van der Waals surface area (Å²) in [4.78, 5) is 0. The Bertz CT molecular complexity index is 63.1. The van der Waals surface area contributed by atoms with Gasteiger partial charge in [-0.25, -0.2) is 0 Å². The Kier molecular flexibility index (Phi) is 5.70. The Labute approximate surface area is 65.2 Å². The minimum atomic E-state index is 0.763. The molecule has 1 fully saturated rings. The van der Waals surface area contributed by atoms with E-state index in [1.54, 1.807) is 0 Å². The van der Waals surface area contributed by atoms with Crippen LogP contribution < -0.4 is 5.32 Å². The van der Waals surface area contributed by atoms with Crippen LogP contribution in [0.2, 0.25) is 0 Å². The maximum atomic E-state index is 3.41. The lowest BCUT2D eigenvalue weighted by Gasteiger charge is -2.24. The van der Waals surface area contributed by atoms with Crippen molar-refractivity contribution in [1.29, 1.82) is 0 Å². The summed E-state index contributed by atoms with van der Waals surface area (Å²) in [7, 11) is 0. The van der Waals surface area contributed by atoms with Crippen molar-refractivity contribution in [2.75, 3.05) is 6.54 Å². The Morgan fingerprint density at radius 3 is 2.10 bits per heavy atom. The molecule has 10 heavy (non-hydrogen) atoms. The lowest BCUT2D eigenvalue weighted by atomic mass is 9.96. The second-order valence-electron chi connectivity index (χ2n) is 2.98. The molecule has 0 aromatic rings. The van der Waals surface area contributed by atoms with Crippen molar-refractivity contribution in [1.82, 2.24) is 5.32 Å². The van der Waals surface area contributed by atoms with Crippen LogP contribution in [0.5, 0.6) is 0 Å². The van der Waals surface area contributed by atoms with E-state index in [2.05, 4.69) is 19.2 Å². The van der Waals surface area contributed by atoms with Gasteiger partial charge in [-0.15, -0.1) is 0 Å². The molecule has 1 saturated heterocycles. The summed E-state index contributed by atoms with van der Waals surface area (Å²) in [5.41, 5.74) is 0. The summed E-state index contributed by atoms with van der Waals surface area (Å²) in [5, 5.41) is 3.41. The van der Waals surface area contributed by atoms with Gasteiger partial charge in [-0.2, -0.15) is 0 Å². The van der Waals surface area contributed by atoms with Gasteiger partial charge in [0, 0.05) is 6.04 Å². The molecule has 1 heteroatoms. The van der Waals surface area contributed by atoms with E-state index < -0.39 is 0 Å². The molecular formula is C9H21N. The van der Waals surface area contributed by atoms with Crippen molar-refractivity contribution in [3.63, 3.8) is 0 Å². The molecule has 2 atom stereocenters. The maximum Gasteiger partial charge on any atom is 0.00412 e. The van der Waals surface area contributed by atoms with Gasteiger partial charge < -0.3 is 5.32 Å². The van der Waals surface area contributed by atoms with E-state index in [0.29, 0.717) is 0 Å². The number of nitrogens with one attached hydrogen (secondary N) is 1. The fraction of sp³-hybridized carbons (Fsp3) is 1.00. The third kappa shape index (κ3) is 3.89. The van der Waals surface area contributed by atoms with Gasteiger partial charge in [0.2, 0.25) is 0 Å². The van der Waals surface area contributed by atoms with Crippen molar-refractivity contribution in [3.8, 4) is 0 Å². The van der Waals surface area contributed by atoms with Crippen LogP contribution in [0.25, 0.3) is 0 Å². The standard InChI is InChI=1S/C7H15N.C2H6/c1-6-3-4-8-7(2)5-6;1-2/h6-8H,3-5H2,1-2H3;1-2H3. The molecule has 1 aliphatic rings. The molecule has 1 aliphatic heterocycles. The zero-order valence-electron chi connectivity index (χ0n) is 7.78. The van der Waals surface area contributed by atoms with Gasteiger partial charge >= 0.3 is 0 Å². The largest absolute Gasteiger partial charge is 0.314 e. The summed E-state index contributed by atoms with van der Waals surface area (Å²) in [5.74, 6) is 0.950. The SMILES string of the molecule is CC.CC1CCNC(C)C1. The molecule has 1 nitrogen and oxygen atoms in total.